The SMILES string of the molecule is CN(CC12CC3CC(CC(C3)C1)C2)C(=O)[C@@H]1C[C@H](c2ccn(C(C)(C)C)n2)[C@H](c2cccc(C(F)(F)F)c2)N1. The molecule has 212 valence electrons. The molecule has 5 nitrogen and oxygen atoms in total. The Hall–Kier alpha value is -2.35. The van der Waals surface area contributed by atoms with Gasteiger partial charge in [-0.3, -0.25) is 14.8 Å². The van der Waals surface area contributed by atoms with Crippen molar-refractivity contribution >= 4 is 5.91 Å². The molecule has 2 aromatic rings. The third-order valence-corrected chi connectivity index (χ3v) is 9.93. The highest BCUT2D eigenvalue weighted by Gasteiger charge is 2.52. The second-order valence-electron chi connectivity index (χ2n) is 14.1. The number of benzene rings is 1. The Kier molecular flexibility index (Phi) is 6.44. The summed E-state index contributed by atoms with van der Waals surface area (Å²) in [6, 6.07) is 6.56. The van der Waals surface area contributed by atoms with Gasteiger partial charge in [-0.05, 0) is 113 Å². The molecule has 8 heteroatoms. The molecular weight excluding hydrogens is 501 g/mol. The lowest BCUT2D eigenvalue weighted by molar-refractivity contribution is -0.138. The Bertz CT molecular complexity index is 1190. The van der Waals surface area contributed by atoms with Gasteiger partial charge in [-0.2, -0.15) is 18.3 Å². The summed E-state index contributed by atoms with van der Waals surface area (Å²) in [5, 5.41) is 8.29. The lowest BCUT2D eigenvalue weighted by Crippen LogP contribution is -2.53. The maximum atomic E-state index is 13.9. The Morgan fingerprint density at radius 3 is 2.26 bits per heavy atom. The normalized spacial score (nSPS) is 34.0. The maximum absolute atomic E-state index is 13.9. The summed E-state index contributed by atoms with van der Waals surface area (Å²) in [6.45, 7) is 6.97. The van der Waals surface area contributed by atoms with Crippen molar-refractivity contribution in [3.8, 4) is 0 Å². The van der Waals surface area contributed by atoms with Gasteiger partial charge in [-0.1, -0.05) is 12.1 Å². The number of halogens is 3. The Labute approximate surface area is 229 Å². The van der Waals surface area contributed by atoms with Crippen molar-refractivity contribution < 1.29 is 18.0 Å². The van der Waals surface area contributed by atoms with Gasteiger partial charge in [-0.15, -0.1) is 0 Å². The quantitative estimate of drug-likeness (QED) is 0.468. The lowest BCUT2D eigenvalue weighted by Gasteiger charge is -2.57. The molecule has 1 N–H and O–H groups in total. The second-order valence-corrected chi connectivity index (χ2v) is 14.1. The minimum Gasteiger partial charge on any atom is -0.344 e. The summed E-state index contributed by atoms with van der Waals surface area (Å²) in [4.78, 5) is 15.8. The fourth-order valence-electron chi connectivity index (χ4n) is 8.73. The van der Waals surface area contributed by atoms with Crippen LogP contribution in [0.4, 0.5) is 13.2 Å². The van der Waals surface area contributed by atoms with Gasteiger partial charge in [0.1, 0.15) is 0 Å². The zero-order chi connectivity index (χ0) is 27.7. The molecule has 4 aliphatic carbocycles. The van der Waals surface area contributed by atoms with Gasteiger partial charge in [0.2, 0.25) is 5.91 Å². The molecule has 1 aromatic carbocycles. The minimum atomic E-state index is -4.43. The predicted molar refractivity (Wildman–Crippen MR) is 144 cm³/mol. The average molecular weight is 543 g/mol. The Morgan fingerprint density at radius 2 is 1.69 bits per heavy atom. The van der Waals surface area contributed by atoms with Gasteiger partial charge < -0.3 is 4.90 Å². The first-order chi connectivity index (χ1) is 18.3. The number of nitrogens with zero attached hydrogens (tertiary/aromatic N) is 3. The van der Waals surface area contributed by atoms with E-state index < -0.39 is 23.8 Å². The molecule has 7 rings (SSSR count). The molecule has 2 heterocycles. The molecule has 39 heavy (non-hydrogen) atoms. The van der Waals surface area contributed by atoms with Gasteiger partial charge >= 0.3 is 6.18 Å². The number of carbonyl (C=O) groups is 1. The first kappa shape index (κ1) is 26.9. The molecule has 4 bridgehead atoms. The number of carbonyl (C=O) groups excluding carboxylic acids is 1. The van der Waals surface area contributed by atoms with Crippen molar-refractivity contribution in [3.05, 3.63) is 53.3 Å². The highest BCUT2D eigenvalue weighted by atomic mass is 19.4. The van der Waals surface area contributed by atoms with Crippen molar-refractivity contribution in [1.29, 1.82) is 0 Å². The summed E-state index contributed by atoms with van der Waals surface area (Å²) in [7, 11) is 1.92. The fourth-order valence-corrected chi connectivity index (χ4v) is 8.73. The molecule has 0 spiro atoms. The van der Waals surface area contributed by atoms with E-state index in [1.54, 1.807) is 6.07 Å². The highest BCUT2D eigenvalue weighted by molar-refractivity contribution is 5.82. The third kappa shape index (κ3) is 5.14. The molecule has 5 aliphatic rings. The van der Waals surface area contributed by atoms with E-state index in [9.17, 15) is 18.0 Å². The van der Waals surface area contributed by atoms with Gasteiger partial charge in [0.25, 0.3) is 0 Å². The number of nitrogens with one attached hydrogen (secondary N) is 1. The predicted octanol–water partition coefficient (Wildman–Crippen LogP) is 6.52. The van der Waals surface area contributed by atoms with Gasteiger partial charge in [0.05, 0.1) is 22.8 Å². The van der Waals surface area contributed by atoms with Crippen LogP contribution in [0.2, 0.25) is 0 Å². The number of hydrogen-bond donors (Lipinski definition) is 1. The molecule has 1 aromatic heterocycles. The Balaban J connectivity index is 1.25. The van der Waals surface area contributed by atoms with Crippen molar-refractivity contribution in [2.45, 2.75) is 95.4 Å². The molecule has 4 saturated carbocycles. The smallest absolute Gasteiger partial charge is 0.344 e. The van der Waals surface area contributed by atoms with Crippen LogP contribution in [0, 0.1) is 23.2 Å². The topological polar surface area (TPSA) is 50.2 Å². The van der Waals surface area contributed by atoms with E-state index in [0.717, 1.165) is 36.1 Å². The fraction of sp³-hybridized carbons (Fsp3) is 0.677. The van der Waals surface area contributed by atoms with E-state index >= 15 is 0 Å². The Morgan fingerprint density at radius 1 is 1.05 bits per heavy atom. The molecular formula is C31H41F3N4O. The molecule has 5 fully saturated rings. The van der Waals surface area contributed by atoms with Crippen LogP contribution in [0.3, 0.4) is 0 Å². The molecule has 3 atom stereocenters. The van der Waals surface area contributed by atoms with Gasteiger partial charge in [0, 0.05) is 31.7 Å². The summed E-state index contributed by atoms with van der Waals surface area (Å²) >= 11 is 0. The van der Waals surface area contributed by atoms with Gasteiger partial charge in [-0.25, -0.2) is 0 Å². The van der Waals surface area contributed by atoms with Crippen LogP contribution in [0.15, 0.2) is 36.5 Å². The highest BCUT2D eigenvalue weighted by Crippen LogP contribution is 2.60. The van der Waals surface area contributed by atoms with Crippen molar-refractivity contribution in [3.63, 3.8) is 0 Å². The summed E-state index contributed by atoms with van der Waals surface area (Å²) in [5.41, 5.74) is 0.694. The van der Waals surface area contributed by atoms with Crippen LogP contribution < -0.4 is 5.32 Å². The van der Waals surface area contributed by atoms with Crippen molar-refractivity contribution in [1.82, 2.24) is 20.0 Å². The minimum absolute atomic E-state index is 0.0421. The van der Waals surface area contributed by atoms with Crippen molar-refractivity contribution in [2.75, 3.05) is 13.6 Å². The monoisotopic (exact) mass is 542 g/mol. The molecule has 1 saturated heterocycles. The third-order valence-electron chi connectivity index (χ3n) is 9.93. The molecule has 1 amide bonds. The van der Waals surface area contributed by atoms with E-state index in [4.69, 9.17) is 5.10 Å². The zero-order valence-electron chi connectivity index (χ0n) is 23.5. The summed E-state index contributed by atoms with van der Waals surface area (Å²) in [6.07, 6.45) is 5.79. The van der Waals surface area contributed by atoms with Crippen LogP contribution in [0.5, 0.6) is 0 Å². The largest absolute Gasteiger partial charge is 0.416 e. The number of hydrogen-bond acceptors (Lipinski definition) is 3. The van der Waals surface area contributed by atoms with Crippen LogP contribution in [0.1, 0.15) is 94.5 Å². The first-order valence-electron chi connectivity index (χ1n) is 14.5. The maximum Gasteiger partial charge on any atom is 0.416 e. The number of aromatic nitrogens is 2. The van der Waals surface area contributed by atoms with Crippen LogP contribution in [0.25, 0.3) is 0 Å². The van der Waals surface area contributed by atoms with E-state index in [1.165, 1.54) is 50.7 Å². The zero-order valence-corrected chi connectivity index (χ0v) is 23.5. The standard InChI is InChI=1S/C31H41F3N4O/c1-29(2,3)38-9-8-25(36-38)24-14-26(35-27(24)22-6-5-7-23(13-22)31(32,33)34)28(39)37(4)18-30-15-19-10-20(16-30)12-21(11-19)17-30/h5-9,13,19-21,24,26-27,35H,10-12,14-18H2,1-4H3/t19?,20?,21?,24-,26+,27+,30?/m1/s1. The number of amides is 1. The first-order valence-corrected chi connectivity index (χ1v) is 14.5. The van der Waals surface area contributed by atoms with E-state index in [2.05, 4.69) is 26.1 Å². The van der Waals surface area contributed by atoms with Crippen LogP contribution >= 0.6 is 0 Å². The number of likely N-dealkylation sites (N-methyl/N-ethyl adjacent to an activating group) is 1. The van der Waals surface area contributed by atoms with Gasteiger partial charge in [0.15, 0.2) is 0 Å². The van der Waals surface area contributed by atoms with E-state index in [-0.39, 0.29) is 22.8 Å². The van der Waals surface area contributed by atoms with Crippen molar-refractivity contribution in [2.24, 2.45) is 23.2 Å². The molecule has 1 aliphatic heterocycles. The number of alkyl halides is 3. The lowest BCUT2D eigenvalue weighted by atomic mass is 9.49. The molecule has 0 radical (unpaired) electrons. The van der Waals surface area contributed by atoms with Crippen LogP contribution in [-0.4, -0.2) is 40.2 Å². The summed E-state index contributed by atoms with van der Waals surface area (Å²) in [5.74, 6) is 2.28. The summed E-state index contributed by atoms with van der Waals surface area (Å²) < 4.78 is 42.6. The van der Waals surface area contributed by atoms with Crippen LogP contribution in [-0.2, 0) is 16.5 Å². The average Bonchev–Trinajstić information content (AvgIpc) is 3.50. The number of rotatable bonds is 5. The second kappa shape index (κ2) is 9.35. The van der Waals surface area contributed by atoms with E-state index in [1.807, 2.05) is 28.9 Å². The van der Waals surface area contributed by atoms with E-state index in [0.29, 0.717) is 12.0 Å². The molecule has 0 unspecified atom stereocenters.